The maximum atomic E-state index is 12.2. The molecule has 0 saturated carbocycles. The summed E-state index contributed by atoms with van der Waals surface area (Å²) in [7, 11) is 0. The first-order chi connectivity index (χ1) is 10.0. The lowest BCUT2D eigenvalue weighted by molar-refractivity contribution is -0.127. The molecule has 2 rings (SSSR count). The number of carbonyl (C=O) groups is 2. The van der Waals surface area contributed by atoms with E-state index < -0.39 is 6.04 Å². The van der Waals surface area contributed by atoms with E-state index in [-0.39, 0.29) is 18.5 Å². The second kappa shape index (κ2) is 7.00. The van der Waals surface area contributed by atoms with E-state index in [1.54, 1.807) is 23.1 Å². The van der Waals surface area contributed by atoms with Crippen molar-refractivity contribution in [2.45, 2.75) is 25.9 Å². The number of nitrogens with zero attached hydrogens (tertiary/aromatic N) is 1. The van der Waals surface area contributed by atoms with Crippen LogP contribution in [0, 0.1) is 0 Å². The van der Waals surface area contributed by atoms with Crippen LogP contribution in [0.25, 0.3) is 0 Å². The molecule has 1 aromatic carbocycles. The average molecular weight is 330 g/mol. The Morgan fingerprint density at radius 2 is 2.24 bits per heavy atom. The third kappa shape index (κ3) is 3.80. The fourth-order valence-corrected chi connectivity index (χ4v) is 2.69. The van der Waals surface area contributed by atoms with Gasteiger partial charge >= 0.3 is 6.03 Å². The SMILES string of the molecule is CCC1C(=O)NCCN1C(=O)NCc1cc(Cl)ccc1Cl. The van der Waals surface area contributed by atoms with Gasteiger partial charge in [-0.25, -0.2) is 4.79 Å². The summed E-state index contributed by atoms with van der Waals surface area (Å²) < 4.78 is 0. The quantitative estimate of drug-likeness (QED) is 0.894. The molecule has 2 N–H and O–H groups in total. The predicted octanol–water partition coefficient (Wildman–Crippen LogP) is 2.41. The first-order valence-electron chi connectivity index (χ1n) is 6.79. The molecule has 7 heteroatoms. The number of hydrogen-bond donors (Lipinski definition) is 2. The van der Waals surface area contributed by atoms with Gasteiger partial charge in [-0.15, -0.1) is 0 Å². The second-order valence-electron chi connectivity index (χ2n) is 4.80. The molecule has 1 heterocycles. The summed E-state index contributed by atoms with van der Waals surface area (Å²) in [6, 6.07) is 4.40. The number of hydrogen-bond acceptors (Lipinski definition) is 2. The minimum atomic E-state index is -0.423. The summed E-state index contributed by atoms with van der Waals surface area (Å²) in [5.74, 6) is -0.111. The molecule has 21 heavy (non-hydrogen) atoms. The highest BCUT2D eigenvalue weighted by Crippen LogP contribution is 2.20. The third-order valence-electron chi connectivity index (χ3n) is 3.42. The smallest absolute Gasteiger partial charge is 0.318 e. The van der Waals surface area contributed by atoms with Crippen molar-refractivity contribution in [3.63, 3.8) is 0 Å². The Kier molecular flexibility index (Phi) is 5.31. The molecule has 0 spiro atoms. The molecule has 5 nitrogen and oxygen atoms in total. The number of carbonyl (C=O) groups excluding carboxylic acids is 2. The topological polar surface area (TPSA) is 61.4 Å². The highest BCUT2D eigenvalue weighted by atomic mass is 35.5. The van der Waals surface area contributed by atoms with E-state index in [9.17, 15) is 9.59 Å². The zero-order valence-corrected chi connectivity index (χ0v) is 13.2. The molecule has 3 amide bonds. The Morgan fingerprint density at radius 1 is 1.48 bits per heavy atom. The fourth-order valence-electron chi connectivity index (χ4n) is 2.31. The van der Waals surface area contributed by atoms with Gasteiger partial charge in [0.1, 0.15) is 6.04 Å². The fraction of sp³-hybridized carbons (Fsp3) is 0.429. The predicted molar refractivity (Wildman–Crippen MR) is 82.5 cm³/mol. The Morgan fingerprint density at radius 3 is 2.95 bits per heavy atom. The zero-order chi connectivity index (χ0) is 15.4. The number of piperazine rings is 1. The van der Waals surface area contributed by atoms with Gasteiger partial charge in [-0.2, -0.15) is 0 Å². The van der Waals surface area contributed by atoms with Crippen molar-refractivity contribution in [2.24, 2.45) is 0 Å². The van der Waals surface area contributed by atoms with Gasteiger partial charge in [0.2, 0.25) is 5.91 Å². The molecule has 1 atom stereocenters. The zero-order valence-electron chi connectivity index (χ0n) is 11.7. The van der Waals surface area contributed by atoms with Gasteiger partial charge in [-0.05, 0) is 30.2 Å². The summed E-state index contributed by atoms with van der Waals surface area (Å²) in [5.41, 5.74) is 0.743. The van der Waals surface area contributed by atoms with Crippen molar-refractivity contribution < 1.29 is 9.59 Å². The van der Waals surface area contributed by atoms with E-state index in [0.29, 0.717) is 29.6 Å². The largest absolute Gasteiger partial charge is 0.353 e. The first-order valence-corrected chi connectivity index (χ1v) is 7.54. The van der Waals surface area contributed by atoms with Gasteiger partial charge in [0, 0.05) is 29.7 Å². The third-order valence-corrected chi connectivity index (χ3v) is 4.02. The highest BCUT2D eigenvalue weighted by molar-refractivity contribution is 6.33. The Balaban J connectivity index is 2.00. The molecule has 1 unspecified atom stereocenters. The lowest BCUT2D eigenvalue weighted by Gasteiger charge is -2.34. The molecule has 1 fully saturated rings. The lowest BCUT2D eigenvalue weighted by atomic mass is 10.1. The molecule has 0 radical (unpaired) electrons. The van der Waals surface area contributed by atoms with Crippen LogP contribution >= 0.6 is 23.2 Å². The van der Waals surface area contributed by atoms with Gasteiger partial charge in [0.05, 0.1) is 0 Å². The molecule has 1 saturated heterocycles. The van der Waals surface area contributed by atoms with E-state index in [1.807, 2.05) is 6.92 Å². The van der Waals surface area contributed by atoms with E-state index in [2.05, 4.69) is 10.6 Å². The Hall–Kier alpha value is -1.46. The van der Waals surface area contributed by atoms with Crippen LogP contribution in [0.3, 0.4) is 0 Å². The summed E-state index contributed by atoms with van der Waals surface area (Å²) >= 11 is 12.0. The van der Waals surface area contributed by atoms with Crippen LogP contribution in [0.5, 0.6) is 0 Å². The summed E-state index contributed by atoms with van der Waals surface area (Å²) in [5, 5.41) is 6.65. The van der Waals surface area contributed by atoms with Crippen molar-refractivity contribution >= 4 is 35.1 Å². The van der Waals surface area contributed by atoms with Gasteiger partial charge in [0.15, 0.2) is 0 Å². The Labute approximate surface area is 133 Å². The van der Waals surface area contributed by atoms with Crippen LogP contribution in [0.2, 0.25) is 10.0 Å². The first kappa shape index (κ1) is 15.9. The molecule has 0 aromatic heterocycles. The van der Waals surface area contributed by atoms with Crippen molar-refractivity contribution in [1.29, 1.82) is 0 Å². The standard InChI is InChI=1S/C14H17Cl2N3O2/c1-2-12-13(20)17-5-6-19(12)14(21)18-8-9-7-10(15)3-4-11(9)16/h3-4,7,12H,2,5-6,8H2,1H3,(H,17,20)(H,18,21). The minimum Gasteiger partial charge on any atom is -0.353 e. The van der Waals surface area contributed by atoms with Crippen molar-refractivity contribution in [3.8, 4) is 0 Å². The number of rotatable bonds is 3. The van der Waals surface area contributed by atoms with Gasteiger partial charge in [0.25, 0.3) is 0 Å². The summed E-state index contributed by atoms with van der Waals surface area (Å²) in [6.45, 7) is 3.12. The molecule has 1 aliphatic heterocycles. The molecule has 114 valence electrons. The van der Waals surface area contributed by atoms with Crippen LogP contribution in [0.4, 0.5) is 4.79 Å². The molecule has 0 bridgehead atoms. The van der Waals surface area contributed by atoms with Crippen molar-refractivity contribution in [3.05, 3.63) is 33.8 Å². The lowest BCUT2D eigenvalue weighted by Crippen LogP contribution is -2.59. The van der Waals surface area contributed by atoms with Crippen LogP contribution in [0.1, 0.15) is 18.9 Å². The van der Waals surface area contributed by atoms with Gasteiger partial charge < -0.3 is 15.5 Å². The maximum Gasteiger partial charge on any atom is 0.318 e. The monoisotopic (exact) mass is 329 g/mol. The van der Waals surface area contributed by atoms with E-state index in [0.717, 1.165) is 5.56 Å². The van der Waals surface area contributed by atoms with Gasteiger partial charge in [-0.3, -0.25) is 4.79 Å². The molecular formula is C14H17Cl2N3O2. The van der Waals surface area contributed by atoms with E-state index >= 15 is 0 Å². The molecular weight excluding hydrogens is 313 g/mol. The number of benzene rings is 1. The molecule has 1 aromatic rings. The number of halogens is 2. The highest BCUT2D eigenvalue weighted by Gasteiger charge is 2.31. The van der Waals surface area contributed by atoms with E-state index in [1.165, 1.54) is 0 Å². The maximum absolute atomic E-state index is 12.2. The normalized spacial score (nSPS) is 18.3. The minimum absolute atomic E-state index is 0.111. The Bertz CT molecular complexity index is 551. The van der Waals surface area contributed by atoms with E-state index in [4.69, 9.17) is 23.2 Å². The van der Waals surface area contributed by atoms with Gasteiger partial charge in [-0.1, -0.05) is 30.1 Å². The van der Waals surface area contributed by atoms with Crippen molar-refractivity contribution in [2.75, 3.05) is 13.1 Å². The second-order valence-corrected chi connectivity index (χ2v) is 5.65. The average Bonchev–Trinajstić information content (AvgIpc) is 2.47. The number of amides is 3. The van der Waals surface area contributed by atoms with Crippen LogP contribution < -0.4 is 10.6 Å². The molecule has 0 aliphatic carbocycles. The number of urea groups is 1. The number of nitrogens with one attached hydrogen (secondary N) is 2. The van der Waals surface area contributed by atoms with Crippen LogP contribution in [-0.4, -0.2) is 36.0 Å². The molecule has 1 aliphatic rings. The van der Waals surface area contributed by atoms with Crippen molar-refractivity contribution in [1.82, 2.24) is 15.5 Å². The summed E-state index contributed by atoms with van der Waals surface area (Å²) in [6.07, 6.45) is 0.581. The van der Waals surface area contributed by atoms with Crippen LogP contribution in [0.15, 0.2) is 18.2 Å². The summed E-state index contributed by atoms with van der Waals surface area (Å²) in [4.78, 5) is 25.5. The van der Waals surface area contributed by atoms with Crippen LogP contribution in [-0.2, 0) is 11.3 Å².